The van der Waals surface area contributed by atoms with Gasteiger partial charge in [0.15, 0.2) is 0 Å². The standard InChI is InChI=1S/C13H21BO6/c1-12(2)13(3,4)20-14(19-12)9-7(10(15)17-5)8(9)11(16)18-6/h7-9H,1-6H3/t7-,8+,9?. The molecule has 0 radical (unpaired) electrons. The van der Waals surface area contributed by atoms with Gasteiger partial charge in [0.25, 0.3) is 0 Å². The summed E-state index contributed by atoms with van der Waals surface area (Å²) in [4.78, 5) is 23.5. The van der Waals surface area contributed by atoms with Gasteiger partial charge in [-0.15, -0.1) is 0 Å². The van der Waals surface area contributed by atoms with Gasteiger partial charge in [-0.3, -0.25) is 9.59 Å². The zero-order valence-corrected chi connectivity index (χ0v) is 12.8. The van der Waals surface area contributed by atoms with Crippen molar-refractivity contribution >= 4 is 19.1 Å². The van der Waals surface area contributed by atoms with Crippen LogP contribution in [0.2, 0.25) is 5.82 Å². The summed E-state index contributed by atoms with van der Waals surface area (Å²) in [7, 11) is 2.00. The van der Waals surface area contributed by atoms with Crippen LogP contribution in [0, 0.1) is 11.8 Å². The van der Waals surface area contributed by atoms with Crippen LogP contribution < -0.4 is 0 Å². The monoisotopic (exact) mass is 284 g/mol. The second kappa shape index (κ2) is 4.74. The molecule has 0 aromatic heterocycles. The van der Waals surface area contributed by atoms with Crippen LogP contribution in [-0.2, 0) is 28.4 Å². The average molecular weight is 284 g/mol. The van der Waals surface area contributed by atoms with Gasteiger partial charge in [-0.25, -0.2) is 0 Å². The van der Waals surface area contributed by atoms with E-state index in [-0.39, 0.29) is 5.82 Å². The van der Waals surface area contributed by atoms with Crippen LogP contribution in [0.1, 0.15) is 27.7 Å². The Labute approximate surface area is 119 Å². The zero-order chi connectivity index (χ0) is 15.3. The van der Waals surface area contributed by atoms with E-state index in [0.717, 1.165) is 0 Å². The first kappa shape index (κ1) is 15.3. The van der Waals surface area contributed by atoms with Gasteiger partial charge in [0, 0.05) is 5.82 Å². The van der Waals surface area contributed by atoms with Crippen LogP contribution in [0.5, 0.6) is 0 Å². The Kier molecular flexibility index (Phi) is 3.63. The molecule has 0 bridgehead atoms. The van der Waals surface area contributed by atoms with Crippen molar-refractivity contribution in [2.45, 2.75) is 44.7 Å². The molecule has 2 aliphatic rings. The third-order valence-corrected chi connectivity index (χ3v) is 4.61. The Morgan fingerprint density at radius 1 is 0.900 bits per heavy atom. The molecule has 1 aliphatic heterocycles. The van der Waals surface area contributed by atoms with Gasteiger partial charge in [0.2, 0.25) is 0 Å². The lowest BCUT2D eigenvalue weighted by molar-refractivity contribution is -0.148. The number of hydrogen-bond acceptors (Lipinski definition) is 6. The second-order valence-corrected chi connectivity index (χ2v) is 6.30. The molecule has 1 unspecified atom stereocenters. The van der Waals surface area contributed by atoms with Crippen molar-refractivity contribution in [1.82, 2.24) is 0 Å². The lowest BCUT2D eigenvalue weighted by Gasteiger charge is -2.32. The molecular formula is C13H21BO6. The maximum Gasteiger partial charge on any atom is 0.462 e. The van der Waals surface area contributed by atoms with Crippen molar-refractivity contribution in [3.05, 3.63) is 0 Å². The van der Waals surface area contributed by atoms with Crippen LogP contribution in [0.25, 0.3) is 0 Å². The Bertz CT molecular complexity index is 395. The van der Waals surface area contributed by atoms with E-state index < -0.39 is 42.1 Å². The lowest BCUT2D eigenvalue weighted by Crippen LogP contribution is -2.41. The summed E-state index contributed by atoms with van der Waals surface area (Å²) >= 11 is 0. The minimum atomic E-state index is -0.604. The summed E-state index contributed by atoms with van der Waals surface area (Å²) in [5.74, 6) is -2.32. The third-order valence-electron chi connectivity index (χ3n) is 4.61. The summed E-state index contributed by atoms with van der Waals surface area (Å²) in [6.45, 7) is 7.71. The molecule has 20 heavy (non-hydrogen) atoms. The number of carbonyl (C=O) groups is 2. The number of carbonyl (C=O) groups excluding carboxylic acids is 2. The molecule has 2 fully saturated rings. The summed E-state index contributed by atoms with van der Waals surface area (Å²) in [6, 6.07) is 0. The van der Waals surface area contributed by atoms with Gasteiger partial charge in [0.05, 0.1) is 37.3 Å². The molecule has 3 atom stereocenters. The van der Waals surface area contributed by atoms with Gasteiger partial charge < -0.3 is 18.8 Å². The van der Waals surface area contributed by atoms with Crippen molar-refractivity contribution < 1.29 is 28.4 Å². The summed E-state index contributed by atoms with van der Waals surface area (Å²) in [5.41, 5.74) is -0.997. The number of ether oxygens (including phenoxy) is 2. The van der Waals surface area contributed by atoms with E-state index in [2.05, 4.69) is 0 Å². The third kappa shape index (κ3) is 2.22. The lowest BCUT2D eigenvalue weighted by atomic mass is 9.79. The van der Waals surface area contributed by atoms with Crippen molar-refractivity contribution in [3.63, 3.8) is 0 Å². The highest BCUT2D eigenvalue weighted by Gasteiger charge is 2.70. The molecule has 6 nitrogen and oxygen atoms in total. The van der Waals surface area contributed by atoms with Crippen LogP contribution in [-0.4, -0.2) is 44.5 Å². The van der Waals surface area contributed by atoms with Crippen LogP contribution in [0.15, 0.2) is 0 Å². The van der Waals surface area contributed by atoms with Gasteiger partial charge in [-0.1, -0.05) is 0 Å². The predicted octanol–water partition coefficient (Wildman–Crippen LogP) is 1.04. The Balaban J connectivity index is 2.17. The highest BCUT2D eigenvalue weighted by atomic mass is 16.7. The topological polar surface area (TPSA) is 71.1 Å². The molecule has 0 amide bonds. The molecule has 0 aromatic carbocycles. The minimum absolute atomic E-state index is 0.351. The molecule has 0 spiro atoms. The highest BCUT2D eigenvalue weighted by molar-refractivity contribution is 6.50. The predicted molar refractivity (Wildman–Crippen MR) is 70.8 cm³/mol. The normalized spacial score (nSPS) is 33.7. The first-order chi connectivity index (χ1) is 9.16. The minimum Gasteiger partial charge on any atom is -0.469 e. The number of hydrogen-bond donors (Lipinski definition) is 0. The van der Waals surface area contributed by atoms with Gasteiger partial charge in [0.1, 0.15) is 0 Å². The molecule has 7 heteroatoms. The quantitative estimate of drug-likeness (QED) is 0.569. The molecule has 1 heterocycles. The average Bonchev–Trinajstić information content (AvgIpc) is 3.05. The van der Waals surface area contributed by atoms with E-state index in [1.165, 1.54) is 14.2 Å². The zero-order valence-electron chi connectivity index (χ0n) is 12.8. The van der Waals surface area contributed by atoms with E-state index >= 15 is 0 Å². The van der Waals surface area contributed by atoms with Crippen LogP contribution in [0.4, 0.5) is 0 Å². The van der Waals surface area contributed by atoms with Crippen LogP contribution in [0.3, 0.4) is 0 Å². The number of esters is 2. The molecule has 1 saturated heterocycles. The number of rotatable bonds is 3. The molecule has 1 aliphatic carbocycles. The molecule has 0 aromatic rings. The molecule has 2 rings (SSSR count). The van der Waals surface area contributed by atoms with Crippen molar-refractivity contribution in [2.75, 3.05) is 14.2 Å². The Morgan fingerprint density at radius 2 is 1.25 bits per heavy atom. The van der Waals surface area contributed by atoms with E-state index in [1.807, 2.05) is 27.7 Å². The molecular weight excluding hydrogens is 263 g/mol. The summed E-state index contributed by atoms with van der Waals surface area (Å²) in [6.07, 6.45) is 0. The largest absolute Gasteiger partial charge is 0.469 e. The van der Waals surface area contributed by atoms with E-state index in [4.69, 9.17) is 18.8 Å². The van der Waals surface area contributed by atoms with Crippen molar-refractivity contribution in [2.24, 2.45) is 11.8 Å². The fourth-order valence-electron chi connectivity index (χ4n) is 2.60. The van der Waals surface area contributed by atoms with E-state index in [0.29, 0.717) is 0 Å². The van der Waals surface area contributed by atoms with E-state index in [1.54, 1.807) is 0 Å². The maximum absolute atomic E-state index is 11.8. The SMILES string of the molecule is COC(=O)[C@@H]1C(B2OC(C)(C)C(C)(C)O2)[C@@H]1C(=O)OC. The van der Waals surface area contributed by atoms with Gasteiger partial charge in [-0.2, -0.15) is 0 Å². The fourth-order valence-corrected chi connectivity index (χ4v) is 2.60. The fraction of sp³-hybridized carbons (Fsp3) is 0.846. The Morgan fingerprint density at radius 3 is 1.55 bits per heavy atom. The smallest absolute Gasteiger partial charge is 0.462 e. The molecule has 112 valence electrons. The Hall–Kier alpha value is -1.08. The first-order valence-corrected chi connectivity index (χ1v) is 6.67. The van der Waals surface area contributed by atoms with E-state index in [9.17, 15) is 9.59 Å². The van der Waals surface area contributed by atoms with Gasteiger partial charge in [-0.05, 0) is 27.7 Å². The maximum atomic E-state index is 11.8. The molecule has 0 N–H and O–H groups in total. The van der Waals surface area contributed by atoms with Crippen LogP contribution >= 0.6 is 0 Å². The second-order valence-electron chi connectivity index (χ2n) is 6.30. The summed E-state index contributed by atoms with van der Waals surface area (Å²) in [5, 5.41) is 0. The highest BCUT2D eigenvalue weighted by Crippen LogP contribution is 2.58. The number of methoxy groups -OCH3 is 2. The molecule has 1 saturated carbocycles. The summed E-state index contributed by atoms with van der Waals surface area (Å²) < 4.78 is 21.3. The first-order valence-electron chi connectivity index (χ1n) is 6.67. The van der Waals surface area contributed by atoms with Gasteiger partial charge >= 0.3 is 19.1 Å². The van der Waals surface area contributed by atoms with Crippen molar-refractivity contribution in [3.8, 4) is 0 Å². The van der Waals surface area contributed by atoms with Crippen molar-refractivity contribution in [1.29, 1.82) is 0 Å².